The van der Waals surface area contributed by atoms with Gasteiger partial charge in [0.1, 0.15) is 18.0 Å². The van der Waals surface area contributed by atoms with E-state index in [1.165, 1.54) is 12.3 Å². The lowest BCUT2D eigenvalue weighted by Crippen LogP contribution is -2.76. The summed E-state index contributed by atoms with van der Waals surface area (Å²) >= 11 is 0. The van der Waals surface area contributed by atoms with Crippen molar-refractivity contribution in [1.82, 2.24) is 25.2 Å². The number of aromatic nitrogens is 5. The molecule has 1 N–H and O–H groups in total. The van der Waals surface area contributed by atoms with Crippen molar-refractivity contribution in [3.8, 4) is 5.88 Å². The van der Waals surface area contributed by atoms with Gasteiger partial charge in [-0.2, -0.15) is 13.2 Å². The van der Waals surface area contributed by atoms with Crippen molar-refractivity contribution >= 4 is 0 Å². The number of rotatable bonds is 9. The minimum absolute atomic E-state index is 0.0594. The standard InChI is InChI=1S/C23H20F7N5O2/c24-15-1-2-16(17(25)8-15)21(36,12-35-13-32-33-34-35)23(29,30)20-9-19(10-20,11-20)14-3-5-31-18(7-14)37-6-4-22(26,27)28/h1-3,5,7-8,13,36H,4,6,9-12H2. The SMILES string of the molecule is OC(Cn1cnnn1)(c1ccc(F)cc1F)C(F)(F)C12CC(c3ccnc(OCCC(F)(F)F)c3)(C1)C2. The lowest BCUT2D eigenvalue weighted by atomic mass is 9.30. The van der Waals surface area contributed by atoms with Crippen molar-refractivity contribution in [3.05, 3.63) is 65.6 Å². The second-order valence-corrected chi connectivity index (χ2v) is 9.75. The van der Waals surface area contributed by atoms with Gasteiger partial charge < -0.3 is 9.84 Å². The Morgan fingerprint density at radius 2 is 1.76 bits per heavy atom. The molecule has 7 nitrogen and oxygen atoms in total. The number of benzene rings is 1. The van der Waals surface area contributed by atoms with Crippen LogP contribution in [-0.2, 0) is 17.6 Å². The van der Waals surface area contributed by atoms with Gasteiger partial charge in [-0.25, -0.2) is 27.2 Å². The van der Waals surface area contributed by atoms with Gasteiger partial charge in [-0.05, 0) is 58.9 Å². The van der Waals surface area contributed by atoms with E-state index >= 15 is 8.78 Å². The van der Waals surface area contributed by atoms with Gasteiger partial charge in [0.2, 0.25) is 5.88 Å². The van der Waals surface area contributed by atoms with Crippen LogP contribution in [0.15, 0.2) is 42.9 Å². The number of pyridine rings is 1. The highest BCUT2D eigenvalue weighted by Gasteiger charge is 2.82. The molecule has 0 radical (unpaired) electrons. The summed E-state index contributed by atoms with van der Waals surface area (Å²) in [5.41, 5.74) is -5.77. The molecule has 0 amide bonds. The number of aliphatic hydroxyl groups is 1. The van der Waals surface area contributed by atoms with Gasteiger partial charge in [-0.15, -0.1) is 5.10 Å². The van der Waals surface area contributed by atoms with E-state index in [0.29, 0.717) is 11.6 Å². The first-order chi connectivity index (χ1) is 17.3. The van der Waals surface area contributed by atoms with Crippen LogP contribution in [0.4, 0.5) is 30.7 Å². The number of tetrazole rings is 1. The van der Waals surface area contributed by atoms with Crippen LogP contribution in [-0.4, -0.2) is 49.0 Å². The molecule has 3 fully saturated rings. The molecule has 3 saturated carbocycles. The molecule has 37 heavy (non-hydrogen) atoms. The lowest BCUT2D eigenvalue weighted by Gasteiger charge is -2.74. The van der Waals surface area contributed by atoms with E-state index < -0.39 is 65.3 Å². The van der Waals surface area contributed by atoms with E-state index in [0.717, 1.165) is 23.1 Å². The van der Waals surface area contributed by atoms with Crippen molar-refractivity contribution in [2.24, 2.45) is 5.41 Å². The quantitative estimate of drug-likeness (QED) is 0.414. The van der Waals surface area contributed by atoms with E-state index in [4.69, 9.17) is 4.74 Å². The van der Waals surface area contributed by atoms with Crippen LogP contribution < -0.4 is 4.74 Å². The predicted molar refractivity (Wildman–Crippen MR) is 111 cm³/mol. The molecule has 1 unspecified atom stereocenters. The maximum atomic E-state index is 16.2. The first-order valence-electron chi connectivity index (χ1n) is 11.2. The molecule has 2 aromatic heterocycles. The number of halogens is 7. The minimum atomic E-state index is -4.40. The zero-order chi connectivity index (χ0) is 26.7. The first-order valence-corrected chi connectivity index (χ1v) is 11.2. The lowest BCUT2D eigenvalue weighted by molar-refractivity contribution is -0.347. The van der Waals surface area contributed by atoms with Crippen LogP contribution in [0.1, 0.15) is 36.8 Å². The summed E-state index contributed by atoms with van der Waals surface area (Å²) < 4.78 is 104. The van der Waals surface area contributed by atoms with Gasteiger partial charge in [-0.3, -0.25) is 0 Å². The van der Waals surface area contributed by atoms with Gasteiger partial charge in [0.15, 0.2) is 5.60 Å². The van der Waals surface area contributed by atoms with E-state index in [1.807, 2.05) is 0 Å². The van der Waals surface area contributed by atoms with Crippen LogP contribution in [0.25, 0.3) is 0 Å². The van der Waals surface area contributed by atoms with Gasteiger partial charge in [0.05, 0.1) is 19.6 Å². The molecule has 1 aromatic carbocycles. The second kappa shape index (κ2) is 8.36. The number of alkyl halides is 5. The van der Waals surface area contributed by atoms with Crippen LogP contribution in [0.2, 0.25) is 0 Å². The Labute approximate surface area is 205 Å². The molecule has 3 aromatic rings. The van der Waals surface area contributed by atoms with Gasteiger partial charge in [0.25, 0.3) is 5.92 Å². The molecule has 6 rings (SSSR count). The fraction of sp³-hybridized carbons (Fsp3) is 0.478. The molecule has 3 aliphatic carbocycles. The van der Waals surface area contributed by atoms with E-state index in [1.54, 1.807) is 6.07 Å². The van der Waals surface area contributed by atoms with Crippen LogP contribution in [0.5, 0.6) is 5.88 Å². The highest BCUT2D eigenvalue weighted by molar-refractivity contribution is 5.43. The smallest absolute Gasteiger partial charge is 0.392 e. The van der Waals surface area contributed by atoms with Crippen molar-refractivity contribution < 1.29 is 40.6 Å². The highest BCUT2D eigenvalue weighted by Crippen LogP contribution is 2.80. The molecule has 2 heterocycles. The minimum Gasteiger partial charge on any atom is -0.477 e. The average Bonchev–Trinajstić information content (AvgIpc) is 3.23. The third-order valence-electron chi connectivity index (χ3n) is 7.36. The number of nitrogens with zero attached hydrogens (tertiary/aromatic N) is 5. The second-order valence-electron chi connectivity index (χ2n) is 9.75. The Bertz CT molecular complexity index is 1280. The highest BCUT2D eigenvalue weighted by atomic mass is 19.4. The summed E-state index contributed by atoms with van der Waals surface area (Å²) in [6.07, 6.45) is -3.50. The zero-order valence-electron chi connectivity index (χ0n) is 19.0. The van der Waals surface area contributed by atoms with Crippen molar-refractivity contribution in [2.75, 3.05) is 6.61 Å². The molecule has 3 aliphatic rings. The van der Waals surface area contributed by atoms with Gasteiger partial charge in [0, 0.05) is 29.3 Å². The summed E-state index contributed by atoms with van der Waals surface area (Å²) in [7, 11) is 0. The normalized spacial score (nSPS) is 24.6. The molecular weight excluding hydrogens is 511 g/mol. The molecule has 2 bridgehead atoms. The molecule has 14 heteroatoms. The monoisotopic (exact) mass is 531 g/mol. The topological polar surface area (TPSA) is 86.0 Å². The molecule has 0 spiro atoms. The fourth-order valence-electron chi connectivity index (χ4n) is 5.62. The van der Waals surface area contributed by atoms with Crippen molar-refractivity contribution in [1.29, 1.82) is 0 Å². The molecule has 198 valence electrons. The van der Waals surface area contributed by atoms with Crippen LogP contribution in [0, 0.1) is 17.0 Å². The molecular formula is C23H20F7N5O2. The average molecular weight is 531 g/mol. The largest absolute Gasteiger partial charge is 0.477 e. The number of ether oxygens (including phenoxy) is 1. The van der Waals surface area contributed by atoms with Gasteiger partial charge >= 0.3 is 6.18 Å². The van der Waals surface area contributed by atoms with Gasteiger partial charge in [-0.1, -0.05) is 0 Å². The van der Waals surface area contributed by atoms with Crippen molar-refractivity contribution in [3.63, 3.8) is 0 Å². The Hall–Kier alpha value is -3.29. The Morgan fingerprint density at radius 3 is 2.38 bits per heavy atom. The number of hydrogen-bond donors (Lipinski definition) is 1. The molecule has 0 aliphatic heterocycles. The van der Waals surface area contributed by atoms with E-state index in [9.17, 15) is 27.1 Å². The summed E-state index contributed by atoms with van der Waals surface area (Å²) in [4.78, 5) is 3.88. The summed E-state index contributed by atoms with van der Waals surface area (Å²) in [6.45, 7) is -1.53. The maximum Gasteiger partial charge on any atom is 0.392 e. The Morgan fingerprint density at radius 1 is 1.03 bits per heavy atom. The third kappa shape index (κ3) is 4.10. The fourth-order valence-corrected chi connectivity index (χ4v) is 5.62. The third-order valence-corrected chi connectivity index (χ3v) is 7.36. The summed E-state index contributed by atoms with van der Waals surface area (Å²) in [6, 6.07) is 4.96. The predicted octanol–water partition coefficient (Wildman–Crippen LogP) is 4.32. The summed E-state index contributed by atoms with van der Waals surface area (Å²) in [5, 5.41) is 21.6. The number of hydrogen-bond acceptors (Lipinski definition) is 6. The van der Waals surface area contributed by atoms with Crippen LogP contribution >= 0.6 is 0 Å². The maximum absolute atomic E-state index is 16.2. The van der Waals surface area contributed by atoms with Crippen LogP contribution in [0.3, 0.4) is 0 Å². The van der Waals surface area contributed by atoms with E-state index in [2.05, 4.69) is 20.5 Å². The Balaban J connectivity index is 1.39. The van der Waals surface area contributed by atoms with E-state index in [-0.39, 0.29) is 25.1 Å². The first kappa shape index (κ1) is 25.4. The summed E-state index contributed by atoms with van der Waals surface area (Å²) in [5.74, 6) is -6.29. The molecule has 1 atom stereocenters. The zero-order valence-corrected chi connectivity index (χ0v) is 19.0. The molecule has 0 saturated heterocycles. The van der Waals surface area contributed by atoms with Crippen molar-refractivity contribution in [2.45, 2.75) is 55.3 Å². The Kier molecular flexibility index (Phi) is 5.73.